The van der Waals surface area contributed by atoms with Gasteiger partial charge in [-0.05, 0) is 61.4 Å². The number of para-hydroxylation sites is 2. The van der Waals surface area contributed by atoms with Gasteiger partial charge in [-0.25, -0.2) is 4.98 Å². The summed E-state index contributed by atoms with van der Waals surface area (Å²) < 4.78 is 13.2. The molecule has 0 spiro atoms. The highest BCUT2D eigenvalue weighted by atomic mass is 16.5. The zero-order valence-corrected chi connectivity index (χ0v) is 19.0. The first-order chi connectivity index (χ1) is 16.2. The Bertz CT molecular complexity index is 1190. The fourth-order valence-corrected chi connectivity index (χ4v) is 3.70. The Morgan fingerprint density at radius 2 is 1.73 bits per heavy atom. The van der Waals surface area contributed by atoms with Gasteiger partial charge < -0.3 is 18.9 Å². The molecule has 0 fully saturated rings. The number of amides is 1. The van der Waals surface area contributed by atoms with Crippen LogP contribution < -0.4 is 9.47 Å². The number of hydrogen-bond acceptors (Lipinski definition) is 5. The van der Waals surface area contributed by atoms with Crippen LogP contribution in [0.4, 0.5) is 0 Å². The molecule has 1 amide bonds. The number of nitrogens with zero attached hydrogens (tertiary/aromatic N) is 4. The molecule has 2 aromatic carbocycles. The second-order valence-electron chi connectivity index (χ2n) is 7.78. The molecule has 0 saturated carbocycles. The van der Waals surface area contributed by atoms with Crippen LogP contribution in [0.3, 0.4) is 0 Å². The van der Waals surface area contributed by atoms with Crippen LogP contribution >= 0.6 is 0 Å². The number of unbranched alkanes of at least 4 members (excludes halogenated alkanes) is 1. The smallest absolute Gasteiger partial charge is 0.272 e. The lowest BCUT2D eigenvalue weighted by atomic mass is 10.3. The highest BCUT2D eigenvalue weighted by Gasteiger charge is 2.17. The molecule has 4 aromatic rings. The predicted octanol–water partition coefficient (Wildman–Crippen LogP) is 4.57. The molecule has 0 atom stereocenters. The van der Waals surface area contributed by atoms with Crippen LogP contribution in [0.2, 0.25) is 0 Å². The van der Waals surface area contributed by atoms with E-state index in [-0.39, 0.29) is 5.91 Å². The summed E-state index contributed by atoms with van der Waals surface area (Å²) >= 11 is 0. The van der Waals surface area contributed by atoms with Gasteiger partial charge >= 0.3 is 0 Å². The SMILES string of the molecule is COc1ccc(OCCCCn2c(CN(C)C(=O)c3ccccn3)nc3ccccc32)cc1. The van der Waals surface area contributed by atoms with Gasteiger partial charge in [0.1, 0.15) is 23.0 Å². The summed E-state index contributed by atoms with van der Waals surface area (Å²) in [7, 11) is 3.43. The van der Waals surface area contributed by atoms with E-state index in [9.17, 15) is 4.79 Å². The number of imidazole rings is 1. The number of hydrogen-bond donors (Lipinski definition) is 0. The highest BCUT2D eigenvalue weighted by Crippen LogP contribution is 2.20. The Morgan fingerprint density at radius 3 is 2.48 bits per heavy atom. The van der Waals surface area contributed by atoms with Crippen molar-refractivity contribution in [3.05, 3.63) is 84.4 Å². The van der Waals surface area contributed by atoms with Crippen molar-refractivity contribution in [3.8, 4) is 11.5 Å². The third-order valence-corrected chi connectivity index (χ3v) is 5.45. The molecule has 0 aliphatic rings. The molecule has 7 heteroatoms. The molecule has 0 bridgehead atoms. The fraction of sp³-hybridized carbons (Fsp3) is 0.269. The summed E-state index contributed by atoms with van der Waals surface area (Å²) in [5, 5.41) is 0. The molecule has 0 aliphatic carbocycles. The molecule has 7 nitrogen and oxygen atoms in total. The topological polar surface area (TPSA) is 69.5 Å². The number of benzene rings is 2. The minimum atomic E-state index is -0.123. The molecule has 33 heavy (non-hydrogen) atoms. The summed E-state index contributed by atoms with van der Waals surface area (Å²) in [5.41, 5.74) is 2.43. The summed E-state index contributed by atoms with van der Waals surface area (Å²) in [4.78, 5) is 23.4. The van der Waals surface area contributed by atoms with Gasteiger partial charge in [0.25, 0.3) is 5.91 Å². The zero-order chi connectivity index (χ0) is 23.0. The lowest BCUT2D eigenvalue weighted by molar-refractivity contribution is 0.0774. The average Bonchev–Trinajstić information content (AvgIpc) is 3.21. The van der Waals surface area contributed by atoms with Gasteiger partial charge in [0.2, 0.25) is 0 Å². The van der Waals surface area contributed by atoms with Crippen LogP contribution in [0, 0.1) is 0 Å². The van der Waals surface area contributed by atoms with E-state index in [0.29, 0.717) is 18.8 Å². The number of carbonyl (C=O) groups excluding carboxylic acids is 1. The maximum Gasteiger partial charge on any atom is 0.272 e. The van der Waals surface area contributed by atoms with E-state index in [0.717, 1.165) is 47.7 Å². The Hall–Kier alpha value is -3.87. The van der Waals surface area contributed by atoms with E-state index >= 15 is 0 Å². The molecule has 2 heterocycles. The first-order valence-electron chi connectivity index (χ1n) is 11.0. The number of ether oxygens (including phenoxy) is 2. The number of rotatable bonds is 10. The molecular weight excluding hydrogens is 416 g/mol. The molecule has 170 valence electrons. The first-order valence-corrected chi connectivity index (χ1v) is 11.0. The predicted molar refractivity (Wildman–Crippen MR) is 127 cm³/mol. The second kappa shape index (κ2) is 10.6. The summed E-state index contributed by atoms with van der Waals surface area (Å²) in [6, 6.07) is 21.0. The van der Waals surface area contributed by atoms with Crippen molar-refractivity contribution in [2.24, 2.45) is 0 Å². The van der Waals surface area contributed by atoms with Crippen molar-refractivity contribution in [1.29, 1.82) is 0 Å². The van der Waals surface area contributed by atoms with E-state index < -0.39 is 0 Å². The lowest BCUT2D eigenvalue weighted by Crippen LogP contribution is -2.28. The number of fused-ring (bicyclic) bond motifs is 1. The van der Waals surface area contributed by atoms with E-state index in [4.69, 9.17) is 14.5 Å². The van der Waals surface area contributed by atoms with Gasteiger partial charge in [-0.1, -0.05) is 18.2 Å². The highest BCUT2D eigenvalue weighted by molar-refractivity contribution is 5.92. The van der Waals surface area contributed by atoms with E-state index in [2.05, 4.69) is 15.6 Å². The molecule has 4 rings (SSSR count). The molecule has 0 aliphatic heterocycles. The van der Waals surface area contributed by atoms with Gasteiger partial charge in [-0.15, -0.1) is 0 Å². The third-order valence-electron chi connectivity index (χ3n) is 5.45. The number of pyridine rings is 1. The molecule has 2 aromatic heterocycles. The average molecular weight is 445 g/mol. The Balaban J connectivity index is 1.39. The van der Waals surface area contributed by atoms with Crippen molar-refractivity contribution in [2.45, 2.75) is 25.9 Å². The summed E-state index contributed by atoms with van der Waals surface area (Å²) in [6.07, 6.45) is 3.46. The van der Waals surface area contributed by atoms with Crippen molar-refractivity contribution >= 4 is 16.9 Å². The summed E-state index contributed by atoms with van der Waals surface area (Å²) in [5.74, 6) is 2.38. The van der Waals surface area contributed by atoms with Crippen LogP contribution in [0.5, 0.6) is 11.5 Å². The maximum absolute atomic E-state index is 12.8. The molecule has 0 N–H and O–H groups in total. The zero-order valence-electron chi connectivity index (χ0n) is 19.0. The van der Waals surface area contributed by atoms with E-state index in [1.165, 1.54) is 0 Å². The number of methoxy groups -OCH3 is 1. The number of carbonyl (C=O) groups is 1. The van der Waals surface area contributed by atoms with Crippen molar-refractivity contribution in [1.82, 2.24) is 19.4 Å². The molecule has 0 unspecified atom stereocenters. The maximum atomic E-state index is 12.8. The van der Waals surface area contributed by atoms with Crippen LogP contribution in [0.15, 0.2) is 72.9 Å². The van der Waals surface area contributed by atoms with Gasteiger partial charge in [0.05, 0.1) is 31.3 Å². The standard InChI is InChI=1S/C26H28N4O3/c1-29(26(31)23-10-5-6-16-27-23)19-25-28-22-9-3-4-11-24(22)30(25)17-7-8-18-33-21-14-12-20(32-2)13-15-21/h3-6,9-16H,7-8,17-19H2,1-2H3. The molecular formula is C26H28N4O3. The monoisotopic (exact) mass is 444 g/mol. The summed E-state index contributed by atoms with van der Waals surface area (Å²) in [6.45, 7) is 1.84. The van der Waals surface area contributed by atoms with Gasteiger partial charge in [0, 0.05) is 19.8 Å². The van der Waals surface area contributed by atoms with Crippen molar-refractivity contribution < 1.29 is 14.3 Å². The minimum absolute atomic E-state index is 0.123. The Morgan fingerprint density at radius 1 is 0.970 bits per heavy atom. The number of aromatic nitrogens is 3. The second-order valence-corrected chi connectivity index (χ2v) is 7.78. The largest absolute Gasteiger partial charge is 0.497 e. The van der Waals surface area contributed by atoms with Crippen LogP contribution in [-0.2, 0) is 13.1 Å². The fourth-order valence-electron chi connectivity index (χ4n) is 3.70. The van der Waals surface area contributed by atoms with Gasteiger partial charge in [-0.3, -0.25) is 9.78 Å². The van der Waals surface area contributed by atoms with E-state index in [1.54, 1.807) is 37.4 Å². The van der Waals surface area contributed by atoms with Crippen LogP contribution in [0.25, 0.3) is 11.0 Å². The Labute approximate surface area is 193 Å². The Kier molecular flexibility index (Phi) is 7.19. The van der Waals surface area contributed by atoms with Crippen molar-refractivity contribution in [3.63, 3.8) is 0 Å². The lowest BCUT2D eigenvalue weighted by Gasteiger charge is -2.17. The normalized spacial score (nSPS) is 10.8. The van der Waals surface area contributed by atoms with Crippen LogP contribution in [-0.4, -0.2) is 46.1 Å². The minimum Gasteiger partial charge on any atom is -0.497 e. The molecule has 0 saturated heterocycles. The number of aryl methyl sites for hydroxylation is 1. The van der Waals surface area contributed by atoms with Gasteiger partial charge in [0.15, 0.2) is 0 Å². The third kappa shape index (κ3) is 5.49. The first kappa shape index (κ1) is 22.3. The van der Waals surface area contributed by atoms with Gasteiger partial charge in [-0.2, -0.15) is 0 Å². The van der Waals surface area contributed by atoms with E-state index in [1.807, 2.05) is 48.5 Å². The molecule has 0 radical (unpaired) electrons. The van der Waals surface area contributed by atoms with Crippen molar-refractivity contribution in [2.75, 3.05) is 20.8 Å². The van der Waals surface area contributed by atoms with Crippen LogP contribution in [0.1, 0.15) is 29.2 Å². The quantitative estimate of drug-likeness (QED) is 0.335.